The Bertz CT molecular complexity index is 696. The number of fused-ring (bicyclic) bond motifs is 2. The smallest absolute Gasteiger partial charge is 0.224 e. The minimum Gasteiger partial charge on any atom is -0.494 e. The Kier molecular flexibility index (Phi) is 4.28. The van der Waals surface area contributed by atoms with Gasteiger partial charge >= 0.3 is 0 Å². The van der Waals surface area contributed by atoms with Gasteiger partial charge in [0.15, 0.2) is 11.6 Å². The molecule has 4 nitrogen and oxygen atoms in total. The van der Waals surface area contributed by atoms with Crippen LogP contribution in [0.5, 0.6) is 5.75 Å². The zero-order chi connectivity index (χ0) is 17.4. The zero-order valence-electron chi connectivity index (χ0n) is 14.5. The molecular weight excluding hydrogens is 321 g/mol. The van der Waals surface area contributed by atoms with Gasteiger partial charge in [-0.1, -0.05) is 24.3 Å². The van der Waals surface area contributed by atoms with E-state index in [0.29, 0.717) is 43.5 Å². The summed E-state index contributed by atoms with van der Waals surface area (Å²) in [5.41, 5.74) is -0.221. The average Bonchev–Trinajstić information content (AvgIpc) is 3.26. The molecule has 4 rings (SSSR count). The van der Waals surface area contributed by atoms with E-state index in [1.165, 1.54) is 7.11 Å². The Hall–Kier alpha value is -1.88. The van der Waals surface area contributed by atoms with Crippen molar-refractivity contribution in [2.24, 2.45) is 17.8 Å². The number of amides is 1. The highest BCUT2D eigenvalue weighted by atomic mass is 19.1. The fraction of sp³-hybridized carbons (Fsp3) is 0.550. The van der Waals surface area contributed by atoms with Gasteiger partial charge in [0.05, 0.1) is 12.6 Å². The second-order valence-electron chi connectivity index (χ2n) is 7.39. The largest absolute Gasteiger partial charge is 0.494 e. The van der Waals surface area contributed by atoms with Crippen LogP contribution >= 0.6 is 0 Å². The number of methoxy groups -OCH3 is 1. The van der Waals surface area contributed by atoms with E-state index in [4.69, 9.17) is 9.47 Å². The third-order valence-electron chi connectivity index (χ3n) is 6.02. The number of halogens is 1. The van der Waals surface area contributed by atoms with E-state index in [2.05, 4.69) is 17.5 Å². The molecule has 5 heteroatoms. The fourth-order valence-corrected chi connectivity index (χ4v) is 4.63. The van der Waals surface area contributed by atoms with Crippen molar-refractivity contribution in [1.29, 1.82) is 0 Å². The molecule has 1 N–H and O–H groups in total. The number of hydrogen-bond acceptors (Lipinski definition) is 3. The molecule has 0 spiro atoms. The highest BCUT2D eigenvalue weighted by molar-refractivity contribution is 5.81. The molecule has 1 saturated heterocycles. The summed E-state index contributed by atoms with van der Waals surface area (Å²) < 4.78 is 25.6. The summed E-state index contributed by atoms with van der Waals surface area (Å²) in [5, 5.41) is 3.22. The van der Waals surface area contributed by atoms with Gasteiger partial charge in [0.25, 0.3) is 0 Å². The summed E-state index contributed by atoms with van der Waals surface area (Å²) in [5.74, 6) is 0.724. The first kappa shape index (κ1) is 16.6. The minimum atomic E-state index is -0.723. The minimum absolute atomic E-state index is 0.00314. The van der Waals surface area contributed by atoms with Gasteiger partial charge in [-0.3, -0.25) is 4.79 Å². The predicted molar refractivity (Wildman–Crippen MR) is 91.7 cm³/mol. The number of carbonyl (C=O) groups is 1. The summed E-state index contributed by atoms with van der Waals surface area (Å²) in [7, 11) is 1.46. The maximum Gasteiger partial charge on any atom is 0.224 e. The van der Waals surface area contributed by atoms with E-state index >= 15 is 0 Å². The van der Waals surface area contributed by atoms with E-state index in [9.17, 15) is 9.18 Å². The topological polar surface area (TPSA) is 47.6 Å². The lowest BCUT2D eigenvalue weighted by Gasteiger charge is -2.40. The van der Waals surface area contributed by atoms with Gasteiger partial charge in [-0.2, -0.15) is 0 Å². The second kappa shape index (κ2) is 6.45. The second-order valence-corrected chi connectivity index (χ2v) is 7.39. The van der Waals surface area contributed by atoms with Crippen LogP contribution in [0.25, 0.3) is 0 Å². The number of hydrogen-bond donors (Lipinski definition) is 1. The maximum absolute atomic E-state index is 15.0. The highest BCUT2D eigenvalue weighted by Crippen LogP contribution is 2.44. The van der Waals surface area contributed by atoms with Crippen LogP contribution in [0.15, 0.2) is 30.4 Å². The summed E-state index contributed by atoms with van der Waals surface area (Å²) in [4.78, 5) is 13.0. The highest BCUT2D eigenvalue weighted by Gasteiger charge is 2.44. The normalized spacial score (nSPS) is 29.6. The Balaban J connectivity index is 1.64. The lowest BCUT2D eigenvalue weighted by Crippen LogP contribution is -2.52. The van der Waals surface area contributed by atoms with E-state index in [1.807, 2.05) is 0 Å². The van der Waals surface area contributed by atoms with E-state index in [1.54, 1.807) is 18.2 Å². The zero-order valence-corrected chi connectivity index (χ0v) is 14.5. The van der Waals surface area contributed by atoms with Gasteiger partial charge in [0.2, 0.25) is 5.91 Å². The van der Waals surface area contributed by atoms with Crippen LogP contribution < -0.4 is 10.1 Å². The molecule has 25 heavy (non-hydrogen) atoms. The summed E-state index contributed by atoms with van der Waals surface area (Å²) in [6.07, 6.45) is 7.50. The molecule has 2 bridgehead atoms. The van der Waals surface area contributed by atoms with Crippen LogP contribution in [0.4, 0.5) is 4.39 Å². The monoisotopic (exact) mass is 345 g/mol. The quantitative estimate of drug-likeness (QED) is 0.853. The van der Waals surface area contributed by atoms with Crippen LogP contribution in [-0.4, -0.2) is 26.2 Å². The number of benzene rings is 1. The molecule has 3 atom stereocenters. The first-order valence-corrected chi connectivity index (χ1v) is 9.04. The average molecular weight is 345 g/mol. The summed E-state index contributed by atoms with van der Waals surface area (Å²) in [6.45, 7) is 1.01. The van der Waals surface area contributed by atoms with Gasteiger partial charge in [-0.05, 0) is 43.6 Å². The Morgan fingerprint density at radius 2 is 2.08 bits per heavy atom. The molecule has 1 aromatic rings. The molecule has 0 aromatic heterocycles. The number of ether oxygens (including phenoxy) is 2. The van der Waals surface area contributed by atoms with Crippen LogP contribution in [0, 0.1) is 23.6 Å². The lowest BCUT2D eigenvalue weighted by molar-refractivity contribution is -0.129. The Labute approximate surface area is 147 Å². The first-order chi connectivity index (χ1) is 12.1. The van der Waals surface area contributed by atoms with Crippen LogP contribution in [0.3, 0.4) is 0 Å². The fourth-order valence-electron chi connectivity index (χ4n) is 4.63. The molecule has 2 fully saturated rings. The van der Waals surface area contributed by atoms with Crippen molar-refractivity contribution in [2.75, 3.05) is 20.3 Å². The van der Waals surface area contributed by atoms with Crippen molar-refractivity contribution < 1.29 is 18.7 Å². The molecule has 134 valence electrons. The van der Waals surface area contributed by atoms with Crippen molar-refractivity contribution in [3.63, 3.8) is 0 Å². The molecule has 1 aromatic carbocycles. The SMILES string of the molecule is COc1cccc(C2(NC(=O)[C@H]3C[C@H]4C=C[C@H]3C4)CCOCC2)c1F. The van der Waals surface area contributed by atoms with Gasteiger partial charge in [-0.15, -0.1) is 0 Å². The maximum atomic E-state index is 15.0. The lowest BCUT2D eigenvalue weighted by atomic mass is 9.81. The Morgan fingerprint density at radius 3 is 2.72 bits per heavy atom. The van der Waals surface area contributed by atoms with Crippen molar-refractivity contribution in [2.45, 2.75) is 31.2 Å². The molecule has 0 radical (unpaired) electrons. The van der Waals surface area contributed by atoms with E-state index in [-0.39, 0.29) is 23.4 Å². The van der Waals surface area contributed by atoms with E-state index in [0.717, 1.165) is 12.8 Å². The van der Waals surface area contributed by atoms with Crippen LogP contribution in [0.2, 0.25) is 0 Å². The molecule has 1 aliphatic heterocycles. The van der Waals surface area contributed by atoms with Crippen molar-refractivity contribution in [1.82, 2.24) is 5.32 Å². The van der Waals surface area contributed by atoms with E-state index < -0.39 is 5.54 Å². The molecule has 1 heterocycles. The number of allylic oxidation sites excluding steroid dienone is 2. The van der Waals surface area contributed by atoms with Gasteiger partial charge < -0.3 is 14.8 Å². The molecule has 2 aliphatic carbocycles. The number of carbonyl (C=O) groups excluding carboxylic acids is 1. The van der Waals surface area contributed by atoms with Gasteiger partial charge in [-0.25, -0.2) is 4.39 Å². The van der Waals surface area contributed by atoms with Gasteiger partial charge in [0, 0.05) is 24.7 Å². The molecule has 3 aliphatic rings. The van der Waals surface area contributed by atoms with Crippen molar-refractivity contribution >= 4 is 5.91 Å². The molecule has 1 saturated carbocycles. The third-order valence-corrected chi connectivity index (χ3v) is 6.02. The van der Waals surface area contributed by atoms with Crippen LogP contribution in [-0.2, 0) is 15.1 Å². The molecule has 0 unspecified atom stereocenters. The molecule has 1 amide bonds. The number of nitrogens with one attached hydrogen (secondary N) is 1. The molecular formula is C20H24FNO3. The third kappa shape index (κ3) is 2.84. The Morgan fingerprint density at radius 1 is 1.28 bits per heavy atom. The van der Waals surface area contributed by atoms with Gasteiger partial charge in [0.1, 0.15) is 0 Å². The summed E-state index contributed by atoms with van der Waals surface area (Å²) in [6, 6.07) is 5.14. The van der Waals surface area contributed by atoms with Crippen LogP contribution in [0.1, 0.15) is 31.2 Å². The summed E-state index contributed by atoms with van der Waals surface area (Å²) >= 11 is 0. The first-order valence-electron chi connectivity index (χ1n) is 9.04. The number of rotatable bonds is 4. The predicted octanol–water partition coefficient (Wildman–Crippen LogP) is 3.17. The van der Waals surface area contributed by atoms with Crippen molar-refractivity contribution in [3.8, 4) is 5.75 Å². The van der Waals surface area contributed by atoms with Crippen molar-refractivity contribution in [3.05, 3.63) is 41.7 Å². The standard InChI is InChI=1S/C20H24FNO3/c1-24-17-4-2-3-16(18(17)21)20(7-9-25-10-8-20)22-19(23)15-12-13-5-6-14(15)11-13/h2-6,13-15H,7-12H2,1H3,(H,22,23)/t13-,14-,15-/m0/s1.